The number of aliphatic hydroxyl groups excluding tert-OH is 1. The van der Waals surface area contributed by atoms with Gasteiger partial charge in [-0.05, 0) is 42.9 Å². The van der Waals surface area contributed by atoms with E-state index in [1.165, 1.54) is 24.1 Å². The summed E-state index contributed by atoms with van der Waals surface area (Å²) >= 11 is 0. The highest BCUT2D eigenvalue weighted by atomic mass is 16.5. The molecule has 0 spiro atoms. The lowest BCUT2D eigenvalue weighted by Crippen LogP contribution is -2.38. The standard InChI is InChI=1S/C24H28N2O5/c1-4-25(5-2)13-14-26-21(16-9-11-18(27)12-10-16)20(23(29)24(26)30)22(28)17-7-6-8-19(15-17)31-3/h6-12,15,21,27-28H,4-5,13-14H2,1-3H3. The lowest BCUT2D eigenvalue weighted by Gasteiger charge is -2.28. The molecule has 2 N–H and O–H groups in total. The molecule has 1 heterocycles. The third-order valence-corrected chi connectivity index (χ3v) is 5.64. The molecule has 0 aliphatic carbocycles. The van der Waals surface area contributed by atoms with Crippen LogP contribution >= 0.6 is 0 Å². The molecule has 1 atom stereocenters. The first kappa shape index (κ1) is 22.4. The van der Waals surface area contributed by atoms with Gasteiger partial charge >= 0.3 is 0 Å². The van der Waals surface area contributed by atoms with Crippen molar-refractivity contribution < 1.29 is 24.5 Å². The van der Waals surface area contributed by atoms with Gasteiger partial charge < -0.3 is 24.7 Å². The van der Waals surface area contributed by atoms with Crippen LogP contribution in [0, 0.1) is 0 Å². The minimum Gasteiger partial charge on any atom is -0.508 e. The van der Waals surface area contributed by atoms with Crippen LogP contribution in [0.25, 0.3) is 5.76 Å². The zero-order chi connectivity index (χ0) is 22.5. The summed E-state index contributed by atoms with van der Waals surface area (Å²) in [5, 5.41) is 20.8. The van der Waals surface area contributed by atoms with E-state index in [9.17, 15) is 19.8 Å². The Morgan fingerprint density at radius 2 is 1.77 bits per heavy atom. The number of hydrogen-bond donors (Lipinski definition) is 2. The van der Waals surface area contributed by atoms with Gasteiger partial charge in [-0.2, -0.15) is 0 Å². The summed E-state index contributed by atoms with van der Waals surface area (Å²) in [6.07, 6.45) is 0. The Kier molecular flexibility index (Phi) is 6.97. The van der Waals surface area contributed by atoms with Crippen molar-refractivity contribution in [2.75, 3.05) is 33.3 Å². The Balaban J connectivity index is 2.10. The maximum atomic E-state index is 13.0. The number of amides is 1. The van der Waals surface area contributed by atoms with Crippen LogP contribution in [0.5, 0.6) is 11.5 Å². The van der Waals surface area contributed by atoms with Gasteiger partial charge in [0.15, 0.2) is 0 Å². The van der Waals surface area contributed by atoms with E-state index in [2.05, 4.69) is 4.90 Å². The number of Topliss-reactive ketones (excluding diaryl/α,β-unsaturated/α-hetero) is 1. The number of benzene rings is 2. The molecule has 1 unspecified atom stereocenters. The number of nitrogens with zero attached hydrogens (tertiary/aromatic N) is 2. The molecule has 2 aromatic carbocycles. The Hall–Kier alpha value is -3.32. The lowest BCUT2D eigenvalue weighted by molar-refractivity contribution is -0.140. The Bertz CT molecular complexity index is 980. The topological polar surface area (TPSA) is 90.3 Å². The van der Waals surface area contributed by atoms with Gasteiger partial charge in [0, 0.05) is 18.7 Å². The summed E-state index contributed by atoms with van der Waals surface area (Å²) in [6, 6.07) is 12.3. The Morgan fingerprint density at radius 3 is 2.39 bits per heavy atom. The van der Waals surface area contributed by atoms with Gasteiger partial charge in [-0.1, -0.05) is 38.1 Å². The van der Waals surface area contributed by atoms with Crippen molar-refractivity contribution in [3.05, 3.63) is 65.2 Å². The molecular weight excluding hydrogens is 396 g/mol. The number of likely N-dealkylation sites (tertiary alicyclic amines) is 1. The van der Waals surface area contributed by atoms with E-state index < -0.39 is 17.7 Å². The minimum atomic E-state index is -0.748. The molecule has 2 aromatic rings. The lowest BCUT2D eigenvalue weighted by atomic mass is 9.95. The quantitative estimate of drug-likeness (QED) is 0.384. The normalized spacial score (nSPS) is 18.1. The van der Waals surface area contributed by atoms with Crippen molar-refractivity contribution in [3.63, 3.8) is 0 Å². The summed E-state index contributed by atoms with van der Waals surface area (Å²) in [7, 11) is 1.52. The largest absolute Gasteiger partial charge is 0.508 e. The van der Waals surface area contributed by atoms with Crippen LogP contribution < -0.4 is 4.74 Å². The second-order valence-corrected chi connectivity index (χ2v) is 7.34. The van der Waals surface area contributed by atoms with E-state index in [4.69, 9.17) is 4.74 Å². The highest BCUT2D eigenvalue weighted by Crippen LogP contribution is 2.40. The molecule has 0 saturated carbocycles. The monoisotopic (exact) mass is 424 g/mol. The van der Waals surface area contributed by atoms with Gasteiger partial charge in [0.25, 0.3) is 11.7 Å². The molecule has 1 amide bonds. The van der Waals surface area contributed by atoms with Crippen molar-refractivity contribution in [1.29, 1.82) is 0 Å². The molecule has 164 valence electrons. The molecule has 3 rings (SSSR count). The van der Waals surface area contributed by atoms with Crippen molar-refractivity contribution in [2.24, 2.45) is 0 Å². The maximum absolute atomic E-state index is 13.0. The summed E-state index contributed by atoms with van der Waals surface area (Å²) in [4.78, 5) is 29.6. The van der Waals surface area contributed by atoms with Crippen LogP contribution in [0.4, 0.5) is 0 Å². The fourth-order valence-electron chi connectivity index (χ4n) is 3.83. The highest BCUT2D eigenvalue weighted by molar-refractivity contribution is 6.46. The van der Waals surface area contributed by atoms with Crippen molar-refractivity contribution in [3.8, 4) is 11.5 Å². The van der Waals surface area contributed by atoms with Gasteiger partial charge in [0.2, 0.25) is 0 Å². The van der Waals surface area contributed by atoms with Crippen LogP contribution in [0.2, 0.25) is 0 Å². The number of carbonyl (C=O) groups is 2. The second kappa shape index (κ2) is 9.66. The number of phenols is 1. The van der Waals surface area contributed by atoms with Gasteiger partial charge in [-0.25, -0.2) is 0 Å². The molecular formula is C24H28N2O5. The third kappa shape index (κ3) is 4.56. The van der Waals surface area contributed by atoms with Crippen molar-refractivity contribution in [1.82, 2.24) is 9.80 Å². The van der Waals surface area contributed by atoms with Crippen LogP contribution in [0.3, 0.4) is 0 Å². The summed E-state index contributed by atoms with van der Waals surface area (Å²) in [6.45, 7) is 6.68. The molecule has 7 heteroatoms. The fourth-order valence-corrected chi connectivity index (χ4v) is 3.83. The molecule has 0 aromatic heterocycles. The number of hydrogen-bond acceptors (Lipinski definition) is 6. The average molecular weight is 424 g/mol. The number of ketones is 1. The smallest absolute Gasteiger partial charge is 0.295 e. The van der Waals surface area contributed by atoms with E-state index >= 15 is 0 Å². The second-order valence-electron chi connectivity index (χ2n) is 7.34. The van der Waals surface area contributed by atoms with Crippen LogP contribution in [-0.2, 0) is 9.59 Å². The molecule has 1 aliphatic heterocycles. The van der Waals surface area contributed by atoms with Crippen molar-refractivity contribution >= 4 is 17.4 Å². The average Bonchev–Trinajstić information content (AvgIpc) is 3.04. The van der Waals surface area contributed by atoms with E-state index in [1.807, 2.05) is 13.8 Å². The molecule has 1 aliphatic rings. The van der Waals surface area contributed by atoms with Crippen LogP contribution in [0.1, 0.15) is 31.0 Å². The molecule has 0 radical (unpaired) electrons. The SMILES string of the molecule is CCN(CC)CCN1C(=O)C(=O)C(=C(O)c2cccc(OC)c2)C1c1ccc(O)cc1. The molecule has 31 heavy (non-hydrogen) atoms. The zero-order valence-electron chi connectivity index (χ0n) is 18.0. The third-order valence-electron chi connectivity index (χ3n) is 5.64. The zero-order valence-corrected chi connectivity index (χ0v) is 18.0. The highest BCUT2D eigenvalue weighted by Gasteiger charge is 2.45. The predicted molar refractivity (Wildman–Crippen MR) is 118 cm³/mol. The summed E-state index contributed by atoms with van der Waals surface area (Å²) in [5.74, 6) is -1.01. The summed E-state index contributed by atoms with van der Waals surface area (Å²) < 4.78 is 5.22. The van der Waals surface area contributed by atoms with Gasteiger partial charge in [0.1, 0.15) is 17.3 Å². The first-order valence-corrected chi connectivity index (χ1v) is 10.3. The van der Waals surface area contributed by atoms with Crippen LogP contribution in [-0.4, -0.2) is 65.0 Å². The molecule has 7 nitrogen and oxygen atoms in total. The number of ether oxygens (including phenoxy) is 1. The summed E-state index contributed by atoms with van der Waals surface area (Å²) in [5.41, 5.74) is 1.06. The predicted octanol–water partition coefficient (Wildman–Crippen LogP) is 3.16. The number of aromatic hydroxyl groups is 1. The van der Waals surface area contributed by atoms with Crippen LogP contribution in [0.15, 0.2) is 54.1 Å². The van der Waals surface area contributed by atoms with Gasteiger partial charge in [0.05, 0.1) is 18.7 Å². The van der Waals surface area contributed by atoms with E-state index in [0.29, 0.717) is 30.0 Å². The van der Waals surface area contributed by atoms with Gasteiger partial charge in [-0.3, -0.25) is 9.59 Å². The maximum Gasteiger partial charge on any atom is 0.295 e. The number of phenolic OH excluding ortho intramolecular Hbond substituents is 1. The number of aliphatic hydroxyl groups is 1. The fraction of sp³-hybridized carbons (Fsp3) is 0.333. The minimum absolute atomic E-state index is 0.0310. The molecule has 1 saturated heterocycles. The molecule has 1 fully saturated rings. The first-order chi connectivity index (χ1) is 14.9. The first-order valence-electron chi connectivity index (χ1n) is 10.3. The van der Waals surface area contributed by atoms with E-state index in [0.717, 1.165) is 13.1 Å². The molecule has 0 bridgehead atoms. The number of methoxy groups -OCH3 is 1. The number of carbonyl (C=O) groups excluding carboxylic acids is 2. The van der Waals surface area contributed by atoms with E-state index in [-0.39, 0.29) is 17.1 Å². The Labute approximate surface area is 182 Å². The van der Waals surface area contributed by atoms with Crippen molar-refractivity contribution in [2.45, 2.75) is 19.9 Å². The number of rotatable bonds is 8. The number of likely N-dealkylation sites (N-methyl/N-ethyl adjacent to an activating group) is 1. The Morgan fingerprint density at radius 1 is 1.10 bits per heavy atom. The van der Waals surface area contributed by atoms with E-state index in [1.54, 1.807) is 36.4 Å². The van der Waals surface area contributed by atoms with Gasteiger partial charge in [-0.15, -0.1) is 0 Å².